The molecule has 4 saturated heterocycles. The first-order valence-electron chi connectivity index (χ1n) is 19.6. The molecule has 20 nitrogen and oxygen atoms in total. The van der Waals surface area contributed by atoms with Gasteiger partial charge in [-0.3, -0.25) is 24.0 Å². The number of aliphatic hydroxyl groups excluding tert-OH is 6. The smallest absolute Gasteiger partial charge is 0.327 e. The summed E-state index contributed by atoms with van der Waals surface area (Å²) in [5, 5.41) is 67.3. The lowest BCUT2D eigenvalue weighted by molar-refractivity contribution is -0.298. The van der Waals surface area contributed by atoms with Gasteiger partial charge in [-0.05, 0) is 45.2 Å². The van der Waals surface area contributed by atoms with Gasteiger partial charge in [0.1, 0.15) is 72.7 Å². The maximum Gasteiger partial charge on any atom is 0.327 e. The van der Waals surface area contributed by atoms with Gasteiger partial charge in [0.15, 0.2) is 12.3 Å². The molecule has 2 amide bonds. The number of hydrogen-bond acceptors (Lipinski definition) is 18. The van der Waals surface area contributed by atoms with Crippen LogP contribution >= 0.6 is 0 Å². The monoisotopic (exact) mass is 837 g/mol. The fraction of sp³-hybridized carbons (Fsp3) is 0.692. The molecule has 8 N–H and O–H groups in total. The fourth-order valence-corrected chi connectivity index (χ4v) is 8.24. The maximum atomic E-state index is 14.7. The van der Waals surface area contributed by atoms with Crippen LogP contribution in [0.4, 0.5) is 0 Å². The van der Waals surface area contributed by atoms with Gasteiger partial charge in [0.2, 0.25) is 11.8 Å². The molecule has 0 aromatic heterocycles. The lowest BCUT2D eigenvalue weighted by Gasteiger charge is -2.49. The molecule has 14 atom stereocenters. The normalized spacial score (nSPS) is 34.4. The minimum atomic E-state index is -1.68. The number of ether oxygens (including phenoxy) is 6. The van der Waals surface area contributed by atoms with Gasteiger partial charge in [-0.15, -0.1) is 0 Å². The Labute approximate surface area is 340 Å². The number of rotatable bonds is 16. The summed E-state index contributed by atoms with van der Waals surface area (Å²) >= 11 is 0. The van der Waals surface area contributed by atoms with Gasteiger partial charge in [0.05, 0.1) is 38.5 Å². The van der Waals surface area contributed by atoms with Gasteiger partial charge in [0, 0.05) is 12.8 Å². The Bertz CT molecular complexity index is 1700. The topological polar surface area (TPSA) is 282 Å². The highest BCUT2D eigenvalue weighted by molar-refractivity contribution is 5.96. The molecule has 4 aliphatic heterocycles. The zero-order valence-electron chi connectivity index (χ0n) is 33.2. The van der Waals surface area contributed by atoms with E-state index in [2.05, 4.69) is 10.6 Å². The highest BCUT2D eigenvalue weighted by Gasteiger charge is 2.75. The number of amides is 2. The number of nitrogens with zero attached hydrogens (tertiary/aromatic N) is 1. The molecule has 20 heteroatoms. The van der Waals surface area contributed by atoms with E-state index in [-0.39, 0.29) is 39.2 Å². The zero-order valence-corrected chi connectivity index (χ0v) is 33.2. The van der Waals surface area contributed by atoms with Gasteiger partial charge in [-0.25, -0.2) is 0 Å². The minimum absolute atomic E-state index is 0.0182. The van der Waals surface area contributed by atoms with Crippen molar-refractivity contribution in [2.75, 3.05) is 26.6 Å². The van der Waals surface area contributed by atoms with Crippen molar-refractivity contribution in [3.8, 4) is 0 Å². The predicted octanol–water partition coefficient (Wildman–Crippen LogP) is -2.48. The minimum Gasteiger partial charge on any atom is -0.460 e. The summed E-state index contributed by atoms with van der Waals surface area (Å²) in [6, 6.07) is 3.30. The molecule has 1 saturated carbocycles. The lowest BCUT2D eigenvalue weighted by atomic mass is 9.62. The van der Waals surface area contributed by atoms with Crippen LogP contribution in [0.25, 0.3) is 6.08 Å². The molecule has 0 radical (unpaired) electrons. The Balaban J connectivity index is 1.19. The van der Waals surface area contributed by atoms with E-state index in [0.717, 1.165) is 0 Å². The summed E-state index contributed by atoms with van der Waals surface area (Å²) in [4.78, 5) is 61.0. The first kappa shape index (κ1) is 44.9. The van der Waals surface area contributed by atoms with Crippen molar-refractivity contribution in [1.29, 1.82) is 0 Å². The first-order chi connectivity index (χ1) is 28.0. The van der Waals surface area contributed by atoms with Crippen LogP contribution in [0.5, 0.6) is 0 Å². The molecular formula is C39H55N3O17. The van der Waals surface area contributed by atoms with Gasteiger partial charge in [-0.2, -0.15) is 5.06 Å². The molecule has 5 fully saturated rings. The zero-order chi connectivity index (χ0) is 42.8. The second kappa shape index (κ2) is 18.5. The van der Waals surface area contributed by atoms with Crippen molar-refractivity contribution >= 4 is 29.8 Å². The van der Waals surface area contributed by atoms with Crippen molar-refractivity contribution < 1.29 is 83.1 Å². The molecule has 5 aliphatic rings. The van der Waals surface area contributed by atoms with Crippen molar-refractivity contribution in [2.24, 2.45) is 5.41 Å². The number of esters is 2. The Kier molecular flexibility index (Phi) is 14.1. The summed E-state index contributed by atoms with van der Waals surface area (Å²) in [5.74, 6) is -2.91. The van der Waals surface area contributed by atoms with Crippen LogP contribution in [0.15, 0.2) is 30.3 Å². The molecule has 0 spiro atoms. The molecule has 1 aliphatic carbocycles. The van der Waals surface area contributed by atoms with Crippen molar-refractivity contribution in [3.63, 3.8) is 0 Å². The van der Waals surface area contributed by atoms with E-state index in [1.807, 2.05) is 0 Å². The summed E-state index contributed by atoms with van der Waals surface area (Å²) in [7, 11) is 0. The largest absolute Gasteiger partial charge is 0.460 e. The van der Waals surface area contributed by atoms with E-state index in [9.17, 15) is 49.8 Å². The van der Waals surface area contributed by atoms with E-state index in [0.29, 0.717) is 11.1 Å². The van der Waals surface area contributed by atoms with Crippen LogP contribution in [0.2, 0.25) is 0 Å². The Hall–Kier alpha value is -3.64. The van der Waals surface area contributed by atoms with Gasteiger partial charge in [0.25, 0.3) is 0 Å². The first-order valence-corrected chi connectivity index (χ1v) is 19.6. The molecule has 14 unspecified atom stereocenters. The number of benzene rings is 1. The lowest BCUT2D eigenvalue weighted by Crippen LogP contribution is -2.71. The maximum absolute atomic E-state index is 14.7. The number of aliphatic hydroxyl groups is 6. The third-order valence-electron chi connectivity index (χ3n) is 11.1. The second-order valence-corrected chi connectivity index (χ2v) is 16.4. The van der Waals surface area contributed by atoms with E-state index in [1.165, 1.54) is 12.0 Å². The summed E-state index contributed by atoms with van der Waals surface area (Å²) in [5.41, 5.74) is -1.12. The molecule has 59 heavy (non-hydrogen) atoms. The van der Waals surface area contributed by atoms with E-state index >= 15 is 0 Å². The molecule has 2 bridgehead atoms. The average Bonchev–Trinajstić information content (AvgIpc) is 3.81. The number of nitrogens with one attached hydrogen (secondary N) is 2. The van der Waals surface area contributed by atoms with Gasteiger partial charge < -0.3 is 69.7 Å². The Morgan fingerprint density at radius 3 is 2.47 bits per heavy atom. The van der Waals surface area contributed by atoms with Crippen LogP contribution in [-0.4, -0.2) is 171 Å². The molecule has 328 valence electrons. The van der Waals surface area contributed by atoms with E-state index < -0.39 is 127 Å². The second-order valence-electron chi connectivity index (χ2n) is 16.4. The van der Waals surface area contributed by atoms with Crippen LogP contribution in [0.1, 0.15) is 58.1 Å². The Morgan fingerprint density at radius 1 is 1.05 bits per heavy atom. The Morgan fingerprint density at radius 2 is 1.78 bits per heavy atom. The fourth-order valence-electron chi connectivity index (χ4n) is 8.24. The highest BCUT2D eigenvalue weighted by atomic mass is 16.8. The molecule has 1 aromatic carbocycles. The third-order valence-corrected chi connectivity index (χ3v) is 11.1. The summed E-state index contributed by atoms with van der Waals surface area (Å²) in [6.45, 7) is 4.99. The van der Waals surface area contributed by atoms with Crippen molar-refractivity contribution in [3.05, 3.63) is 41.5 Å². The SMILES string of the molecule is CC(O)C(NC(=O)C12CC3OC(=O)C1N(Cc1ccccc1C=CCOC1OC(CO)C(O)C(O)C1O)OC2C1OCOC31)C(=O)NC(CO)CCC(=O)OC(C)(C)C. The van der Waals surface area contributed by atoms with Crippen molar-refractivity contribution in [2.45, 2.75) is 138 Å². The third kappa shape index (κ3) is 9.48. The summed E-state index contributed by atoms with van der Waals surface area (Å²) in [6.07, 6.45) is -9.01. The van der Waals surface area contributed by atoms with Gasteiger partial charge >= 0.3 is 11.9 Å². The number of carbonyl (C=O) groups is 4. The number of hydrogen-bond donors (Lipinski definition) is 8. The quantitative estimate of drug-likeness (QED) is 0.0801. The number of hydroxylamine groups is 2. The molecule has 1 aromatic rings. The number of carbonyl (C=O) groups excluding carboxylic acids is 4. The van der Waals surface area contributed by atoms with Crippen LogP contribution in [0.3, 0.4) is 0 Å². The predicted molar refractivity (Wildman–Crippen MR) is 199 cm³/mol. The van der Waals surface area contributed by atoms with Crippen LogP contribution in [0, 0.1) is 5.41 Å². The molecular weight excluding hydrogens is 782 g/mol. The number of fused-ring (bicyclic) bond motifs is 4. The van der Waals surface area contributed by atoms with Gasteiger partial charge in [-0.1, -0.05) is 36.4 Å². The average molecular weight is 838 g/mol. The molecule has 6 rings (SSSR count). The van der Waals surface area contributed by atoms with E-state index in [1.54, 1.807) is 57.2 Å². The van der Waals surface area contributed by atoms with Crippen LogP contribution in [-0.2, 0) is 59.0 Å². The highest BCUT2D eigenvalue weighted by Crippen LogP contribution is 2.55. The standard InChI is InChI=1S/C39H55N3O17/c1-19(45)26(34(50)40-22(16-43)11-12-25(46)58-38(2,3)4)41-37(52)39-14-23-30-31(55-18-54-30)33(39)59-42(32(39)35(51)56-23)15-21-9-6-5-8-20(21)10-7-13-53-36-29(49)28(48)27(47)24(17-44)57-36/h5-10,19,22-24,26-33,36,43-45,47-49H,11-18H2,1-4H3,(H,40,50)(H,41,52). The van der Waals surface area contributed by atoms with Crippen molar-refractivity contribution in [1.82, 2.24) is 15.7 Å². The summed E-state index contributed by atoms with van der Waals surface area (Å²) < 4.78 is 33.8. The van der Waals surface area contributed by atoms with E-state index in [4.69, 9.17) is 33.3 Å². The van der Waals surface area contributed by atoms with Crippen LogP contribution < -0.4 is 10.6 Å². The molecule has 4 heterocycles.